The van der Waals surface area contributed by atoms with E-state index in [1.54, 1.807) is 24.3 Å². The lowest BCUT2D eigenvalue weighted by Crippen LogP contribution is -2.47. The van der Waals surface area contributed by atoms with Crippen LogP contribution >= 0.6 is 0 Å². The van der Waals surface area contributed by atoms with Crippen LogP contribution in [0.2, 0.25) is 0 Å². The minimum Gasteiger partial charge on any atom is -0.351 e. The molecule has 178 valence electrons. The molecule has 33 heavy (non-hydrogen) atoms. The van der Waals surface area contributed by atoms with Crippen LogP contribution in [0, 0.1) is 12.8 Å². The zero-order valence-electron chi connectivity index (χ0n) is 19.5. The third-order valence-electron chi connectivity index (χ3n) is 5.66. The second-order valence-corrected chi connectivity index (χ2v) is 10.8. The fraction of sp³-hybridized carbons (Fsp3) is 0.440. The van der Waals surface area contributed by atoms with E-state index < -0.39 is 16.1 Å². The number of rotatable bonds is 10. The summed E-state index contributed by atoms with van der Waals surface area (Å²) in [6, 6.07) is 13.4. The molecule has 0 aromatic heterocycles. The lowest BCUT2D eigenvalue weighted by Gasteiger charge is -2.20. The summed E-state index contributed by atoms with van der Waals surface area (Å²) in [5, 5.41) is 2.87. The molecule has 2 N–H and O–H groups in total. The van der Waals surface area contributed by atoms with E-state index in [0.29, 0.717) is 19.4 Å². The van der Waals surface area contributed by atoms with Gasteiger partial charge in [0.2, 0.25) is 21.8 Å². The topological polar surface area (TPSA) is 95.6 Å². The van der Waals surface area contributed by atoms with Crippen molar-refractivity contribution in [1.82, 2.24) is 14.9 Å². The first-order valence-electron chi connectivity index (χ1n) is 11.4. The third-order valence-corrected chi connectivity index (χ3v) is 7.14. The average molecular weight is 472 g/mol. The summed E-state index contributed by atoms with van der Waals surface area (Å²) >= 11 is 0. The van der Waals surface area contributed by atoms with E-state index in [4.69, 9.17) is 0 Å². The van der Waals surface area contributed by atoms with Crippen molar-refractivity contribution in [3.05, 3.63) is 65.2 Å². The highest BCUT2D eigenvalue weighted by Gasteiger charge is 2.26. The third kappa shape index (κ3) is 7.14. The summed E-state index contributed by atoms with van der Waals surface area (Å²) in [5.41, 5.74) is 2.87. The van der Waals surface area contributed by atoms with Gasteiger partial charge in [0.1, 0.15) is 6.04 Å². The summed E-state index contributed by atoms with van der Waals surface area (Å²) in [7, 11) is -3.82. The molecule has 2 aromatic carbocycles. The molecule has 1 aliphatic rings. The molecule has 0 bridgehead atoms. The van der Waals surface area contributed by atoms with Crippen LogP contribution in [0.15, 0.2) is 53.4 Å². The monoisotopic (exact) mass is 471 g/mol. The van der Waals surface area contributed by atoms with Crippen molar-refractivity contribution in [1.29, 1.82) is 0 Å². The van der Waals surface area contributed by atoms with Crippen LogP contribution in [0.5, 0.6) is 0 Å². The molecule has 0 radical (unpaired) electrons. The number of aryl methyl sites for hydroxylation is 1. The van der Waals surface area contributed by atoms with Crippen LogP contribution in [-0.4, -0.2) is 37.7 Å². The van der Waals surface area contributed by atoms with Crippen LogP contribution in [-0.2, 0) is 32.7 Å². The van der Waals surface area contributed by atoms with Crippen molar-refractivity contribution >= 4 is 21.8 Å². The van der Waals surface area contributed by atoms with Gasteiger partial charge in [-0.05, 0) is 48.9 Å². The van der Waals surface area contributed by atoms with E-state index in [9.17, 15) is 18.0 Å². The van der Waals surface area contributed by atoms with E-state index in [-0.39, 0.29) is 29.2 Å². The molecule has 2 amide bonds. The minimum atomic E-state index is -3.82. The molecule has 1 fully saturated rings. The Morgan fingerprint density at radius 1 is 1.09 bits per heavy atom. The summed E-state index contributed by atoms with van der Waals surface area (Å²) in [6.45, 7) is 7.40. The SMILES string of the molecule is Cc1ccc(S(=O)(=O)NC(CC(C)C)C(=O)NCc2cccc(CN3CCCC3=O)c2)cc1. The van der Waals surface area contributed by atoms with Gasteiger partial charge < -0.3 is 10.2 Å². The highest BCUT2D eigenvalue weighted by atomic mass is 32.2. The van der Waals surface area contributed by atoms with Crippen LogP contribution in [0.4, 0.5) is 0 Å². The van der Waals surface area contributed by atoms with Crippen LogP contribution in [0.1, 0.15) is 49.8 Å². The van der Waals surface area contributed by atoms with E-state index in [2.05, 4.69) is 10.0 Å². The standard InChI is InChI=1S/C25H33N3O4S/c1-18(2)14-23(27-33(31,32)22-11-9-19(3)10-12-22)25(30)26-16-20-6-4-7-21(15-20)17-28-13-5-8-24(28)29/h4,6-7,9-12,15,18,23,27H,5,8,13-14,16-17H2,1-3H3,(H,26,30). The summed E-state index contributed by atoms with van der Waals surface area (Å²) in [5.74, 6) is -0.0617. The van der Waals surface area contributed by atoms with Gasteiger partial charge in [-0.3, -0.25) is 9.59 Å². The smallest absolute Gasteiger partial charge is 0.241 e. The number of benzene rings is 2. The molecule has 1 aliphatic heterocycles. The molecule has 1 unspecified atom stereocenters. The largest absolute Gasteiger partial charge is 0.351 e. The van der Waals surface area contributed by atoms with Crippen molar-refractivity contribution in [2.45, 2.75) is 64.1 Å². The van der Waals surface area contributed by atoms with Crippen molar-refractivity contribution < 1.29 is 18.0 Å². The average Bonchev–Trinajstić information content (AvgIpc) is 3.16. The lowest BCUT2D eigenvalue weighted by molar-refractivity contribution is -0.128. The summed E-state index contributed by atoms with van der Waals surface area (Å²) in [4.78, 5) is 26.8. The maximum atomic E-state index is 12.9. The van der Waals surface area contributed by atoms with Gasteiger partial charge in [-0.2, -0.15) is 4.72 Å². The van der Waals surface area contributed by atoms with Gasteiger partial charge in [-0.15, -0.1) is 0 Å². The number of likely N-dealkylation sites (tertiary alicyclic amines) is 1. The lowest BCUT2D eigenvalue weighted by atomic mass is 10.0. The fourth-order valence-corrected chi connectivity index (χ4v) is 5.10. The molecule has 0 saturated carbocycles. The van der Waals surface area contributed by atoms with Crippen molar-refractivity contribution in [2.75, 3.05) is 6.54 Å². The van der Waals surface area contributed by atoms with Gasteiger partial charge in [0.15, 0.2) is 0 Å². The molecule has 0 aliphatic carbocycles. The Kier molecular flexibility index (Phi) is 8.26. The Morgan fingerprint density at radius 2 is 1.79 bits per heavy atom. The zero-order chi connectivity index (χ0) is 24.0. The highest BCUT2D eigenvalue weighted by molar-refractivity contribution is 7.89. The Bertz CT molecular complexity index is 1080. The summed E-state index contributed by atoms with van der Waals surface area (Å²) in [6.07, 6.45) is 1.88. The van der Waals surface area contributed by atoms with Crippen LogP contribution in [0.25, 0.3) is 0 Å². The normalized spacial score (nSPS) is 15.2. The Labute approximate surface area is 196 Å². The van der Waals surface area contributed by atoms with E-state index in [1.165, 1.54) is 0 Å². The molecule has 1 atom stereocenters. The summed E-state index contributed by atoms with van der Waals surface area (Å²) < 4.78 is 28.2. The molecule has 0 spiro atoms. The first-order chi connectivity index (χ1) is 15.6. The zero-order valence-corrected chi connectivity index (χ0v) is 20.3. The molecule has 1 heterocycles. The molecular weight excluding hydrogens is 438 g/mol. The maximum absolute atomic E-state index is 12.9. The Hall–Kier alpha value is -2.71. The highest BCUT2D eigenvalue weighted by Crippen LogP contribution is 2.16. The molecule has 3 rings (SSSR count). The van der Waals surface area contributed by atoms with Gasteiger partial charge in [-0.1, -0.05) is 55.8 Å². The van der Waals surface area contributed by atoms with E-state index in [1.807, 2.05) is 49.9 Å². The Balaban J connectivity index is 1.65. The van der Waals surface area contributed by atoms with Crippen molar-refractivity contribution in [3.8, 4) is 0 Å². The molecule has 8 heteroatoms. The first kappa shape index (κ1) is 24.9. The van der Waals surface area contributed by atoms with Gasteiger partial charge >= 0.3 is 0 Å². The molecular formula is C25H33N3O4S. The number of nitrogens with zero attached hydrogens (tertiary/aromatic N) is 1. The van der Waals surface area contributed by atoms with Crippen LogP contribution in [0.3, 0.4) is 0 Å². The number of carbonyl (C=O) groups excluding carboxylic acids is 2. The van der Waals surface area contributed by atoms with Crippen molar-refractivity contribution in [2.24, 2.45) is 5.92 Å². The predicted molar refractivity (Wildman–Crippen MR) is 128 cm³/mol. The van der Waals surface area contributed by atoms with Crippen LogP contribution < -0.4 is 10.0 Å². The van der Waals surface area contributed by atoms with Gasteiger partial charge in [0.05, 0.1) is 4.90 Å². The molecule has 1 saturated heterocycles. The Morgan fingerprint density at radius 3 is 2.42 bits per heavy atom. The number of amides is 2. The number of hydrogen-bond donors (Lipinski definition) is 2. The molecule has 2 aromatic rings. The predicted octanol–water partition coefficient (Wildman–Crippen LogP) is 3.13. The van der Waals surface area contributed by atoms with Gasteiger partial charge in [0.25, 0.3) is 0 Å². The second-order valence-electron chi connectivity index (χ2n) is 9.07. The number of nitrogens with one attached hydrogen (secondary N) is 2. The number of sulfonamides is 1. The second kappa shape index (κ2) is 10.9. The van der Waals surface area contributed by atoms with Gasteiger partial charge in [-0.25, -0.2) is 8.42 Å². The maximum Gasteiger partial charge on any atom is 0.241 e. The quantitative estimate of drug-likeness (QED) is 0.557. The fourth-order valence-electron chi connectivity index (χ4n) is 3.89. The first-order valence-corrected chi connectivity index (χ1v) is 12.8. The molecule has 7 nitrogen and oxygen atoms in total. The van der Waals surface area contributed by atoms with E-state index in [0.717, 1.165) is 29.7 Å². The van der Waals surface area contributed by atoms with E-state index >= 15 is 0 Å². The number of carbonyl (C=O) groups is 2. The minimum absolute atomic E-state index is 0.128. The van der Waals surface area contributed by atoms with Gasteiger partial charge in [0, 0.05) is 26.1 Å². The van der Waals surface area contributed by atoms with Crippen molar-refractivity contribution in [3.63, 3.8) is 0 Å². The number of hydrogen-bond acceptors (Lipinski definition) is 4.